The van der Waals surface area contributed by atoms with Crippen LogP contribution in [0.3, 0.4) is 0 Å². The number of hydrogen-bond donors (Lipinski definition) is 1. The van der Waals surface area contributed by atoms with E-state index < -0.39 is 23.8 Å². The van der Waals surface area contributed by atoms with Gasteiger partial charge in [-0.05, 0) is 37.1 Å². The van der Waals surface area contributed by atoms with Crippen LogP contribution in [0.2, 0.25) is 0 Å². The minimum Gasteiger partial charge on any atom is -0.456 e. The van der Waals surface area contributed by atoms with Crippen LogP contribution in [0, 0.1) is 23.1 Å². The van der Waals surface area contributed by atoms with E-state index >= 15 is 0 Å². The molecule has 0 saturated heterocycles. The van der Waals surface area contributed by atoms with Crippen molar-refractivity contribution in [3.8, 4) is 11.8 Å². The average molecular weight is 374 g/mol. The number of unbranched alkanes of at least 4 members (excludes halogenated alkanes) is 1. The lowest BCUT2D eigenvalue weighted by atomic mass is 9.85. The van der Waals surface area contributed by atoms with Gasteiger partial charge in [0, 0.05) is 10.7 Å². The number of carbonyl (C=O) groups excluding carboxylic acids is 1. The number of aliphatic imine (C=N–C) groups is 1. The molecule has 1 aliphatic carbocycles. The van der Waals surface area contributed by atoms with E-state index in [1.54, 1.807) is 12.2 Å². The standard InChI is InChI=1S/C19H17ClFN3O2/c1-2-3-7-14-16-15(9-8-12(20)17(16)24-19(25)23-14)26-18-11(10-22)5-4-6-13(18)21/h4-6,8-9,16-17H,2-3,7H2,1H3,(H,24,25). The van der Waals surface area contributed by atoms with Crippen LogP contribution in [0.5, 0.6) is 5.75 Å². The van der Waals surface area contributed by atoms with E-state index in [0.29, 0.717) is 22.9 Å². The molecule has 0 saturated carbocycles. The highest BCUT2D eigenvalue weighted by atomic mass is 35.5. The maximum absolute atomic E-state index is 14.2. The number of para-hydroxylation sites is 1. The fraction of sp³-hybridized carbons (Fsp3) is 0.316. The second-order valence-electron chi connectivity index (χ2n) is 6.06. The van der Waals surface area contributed by atoms with Crippen LogP contribution in [0.1, 0.15) is 31.7 Å². The number of ether oxygens (including phenoxy) is 1. The number of allylic oxidation sites excluding steroid dienone is 2. The summed E-state index contributed by atoms with van der Waals surface area (Å²) in [5, 5.41) is 12.4. The number of nitriles is 1. The van der Waals surface area contributed by atoms with Gasteiger partial charge in [0.25, 0.3) is 0 Å². The Morgan fingerprint density at radius 1 is 1.42 bits per heavy atom. The maximum atomic E-state index is 14.2. The van der Waals surface area contributed by atoms with Crippen LogP contribution in [-0.4, -0.2) is 17.8 Å². The minimum absolute atomic E-state index is 0.0926. The summed E-state index contributed by atoms with van der Waals surface area (Å²) in [5.74, 6) is -0.800. The quantitative estimate of drug-likeness (QED) is 0.829. The average Bonchev–Trinajstić information content (AvgIpc) is 2.63. The lowest BCUT2D eigenvalue weighted by Crippen LogP contribution is -2.49. The lowest BCUT2D eigenvalue weighted by Gasteiger charge is -2.35. The molecule has 5 nitrogen and oxygen atoms in total. The van der Waals surface area contributed by atoms with Gasteiger partial charge in [-0.25, -0.2) is 14.2 Å². The largest absolute Gasteiger partial charge is 0.456 e. The number of nitrogens with one attached hydrogen (secondary N) is 1. The third-order valence-electron chi connectivity index (χ3n) is 4.32. The SMILES string of the molecule is CCCCC1=NC(=O)NC2C(Cl)=CC=C(Oc3c(F)cccc3C#N)C12. The summed E-state index contributed by atoms with van der Waals surface area (Å²) in [7, 11) is 0. The zero-order valence-corrected chi connectivity index (χ0v) is 14.9. The van der Waals surface area contributed by atoms with Crippen LogP contribution >= 0.6 is 11.6 Å². The summed E-state index contributed by atoms with van der Waals surface area (Å²) in [5.41, 5.74) is 0.739. The molecular weight excluding hydrogens is 357 g/mol. The molecule has 1 aromatic rings. The number of fused-ring (bicyclic) bond motifs is 1. The second-order valence-corrected chi connectivity index (χ2v) is 6.50. The predicted octanol–water partition coefficient (Wildman–Crippen LogP) is 4.44. The molecule has 134 valence electrons. The predicted molar refractivity (Wildman–Crippen MR) is 96.5 cm³/mol. The number of urea groups is 1. The smallest absolute Gasteiger partial charge is 0.341 e. The normalized spacial score (nSPS) is 21.6. The first-order chi connectivity index (χ1) is 12.5. The van der Waals surface area contributed by atoms with Crippen molar-refractivity contribution in [3.63, 3.8) is 0 Å². The molecule has 7 heteroatoms. The maximum Gasteiger partial charge on any atom is 0.341 e. The van der Waals surface area contributed by atoms with Crippen LogP contribution in [-0.2, 0) is 0 Å². The minimum atomic E-state index is -0.631. The zero-order chi connectivity index (χ0) is 18.7. The molecular formula is C19H17ClFN3O2. The van der Waals surface area contributed by atoms with E-state index in [1.165, 1.54) is 18.2 Å². The fourth-order valence-corrected chi connectivity index (χ4v) is 3.30. The van der Waals surface area contributed by atoms with Crippen LogP contribution in [0.25, 0.3) is 0 Å². The topological polar surface area (TPSA) is 74.5 Å². The summed E-state index contributed by atoms with van der Waals surface area (Å²) in [4.78, 5) is 16.0. The molecule has 0 aromatic heterocycles. The van der Waals surface area contributed by atoms with Gasteiger partial charge >= 0.3 is 6.03 Å². The van der Waals surface area contributed by atoms with Gasteiger partial charge in [0.15, 0.2) is 11.6 Å². The lowest BCUT2D eigenvalue weighted by molar-refractivity contribution is 0.240. The van der Waals surface area contributed by atoms with Crippen molar-refractivity contribution in [1.82, 2.24) is 5.32 Å². The number of halogens is 2. The highest BCUT2D eigenvalue weighted by Crippen LogP contribution is 2.35. The van der Waals surface area contributed by atoms with Crippen LogP contribution < -0.4 is 10.1 Å². The molecule has 2 aliphatic rings. The molecule has 2 unspecified atom stereocenters. The Morgan fingerprint density at radius 3 is 2.96 bits per heavy atom. The van der Waals surface area contributed by atoms with Gasteiger partial charge in [0.05, 0.1) is 17.5 Å². The second kappa shape index (κ2) is 7.71. The van der Waals surface area contributed by atoms with Gasteiger partial charge in [-0.2, -0.15) is 5.26 Å². The highest BCUT2D eigenvalue weighted by Gasteiger charge is 2.39. The first-order valence-corrected chi connectivity index (χ1v) is 8.74. The zero-order valence-electron chi connectivity index (χ0n) is 14.1. The van der Waals surface area contributed by atoms with E-state index in [-0.39, 0.29) is 11.3 Å². The van der Waals surface area contributed by atoms with E-state index in [9.17, 15) is 14.4 Å². The third-order valence-corrected chi connectivity index (χ3v) is 4.68. The summed E-state index contributed by atoms with van der Waals surface area (Å²) in [6, 6.07) is 5.13. The molecule has 0 spiro atoms. The van der Waals surface area contributed by atoms with Crippen LogP contribution in [0.4, 0.5) is 9.18 Å². The van der Waals surface area contributed by atoms with Gasteiger partial charge in [-0.15, -0.1) is 0 Å². The number of nitrogens with zero attached hydrogens (tertiary/aromatic N) is 2. The molecule has 26 heavy (non-hydrogen) atoms. The fourth-order valence-electron chi connectivity index (χ4n) is 3.05. The Kier molecular flexibility index (Phi) is 5.38. The van der Waals surface area contributed by atoms with Gasteiger partial charge in [0.2, 0.25) is 0 Å². The summed E-state index contributed by atoms with van der Waals surface area (Å²) >= 11 is 6.28. The van der Waals surface area contributed by atoms with Crippen molar-refractivity contribution >= 4 is 23.3 Å². The Labute approximate surface area is 155 Å². The summed E-state index contributed by atoms with van der Waals surface area (Å²) in [6.45, 7) is 2.04. The van der Waals surface area contributed by atoms with Crippen molar-refractivity contribution in [2.75, 3.05) is 0 Å². The highest BCUT2D eigenvalue weighted by molar-refractivity contribution is 6.31. The Morgan fingerprint density at radius 2 is 2.23 bits per heavy atom. The van der Waals surface area contributed by atoms with E-state index in [2.05, 4.69) is 10.3 Å². The third kappa shape index (κ3) is 3.49. The first kappa shape index (κ1) is 18.2. The number of carbonyl (C=O) groups is 1. The van der Waals surface area contributed by atoms with Crippen LogP contribution in [0.15, 0.2) is 46.1 Å². The molecule has 3 rings (SSSR count). The molecule has 0 radical (unpaired) electrons. The first-order valence-electron chi connectivity index (χ1n) is 8.36. The number of hydrogen-bond acceptors (Lipinski definition) is 3. The molecule has 2 amide bonds. The molecule has 0 bridgehead atoms. The van der Waals surface area contributed by atoms with Gasteiger partial charge in [-0.3, -0.25) is 0 Å². The van der Waals surface area contributed by atoms with Crippen molar-refractivity contribution in [2.45, 2.75) is 32.2 Å². The van der Waals surface area contributed by atoms with E-state index in [4.69, 9.17) is 16.3 Å². The number of amides is 2. The van der Waals surface area contributed by atoms with Gasteiger partial charge in [-0.1, -0.05) is 31.0 Å². The number of rotatable bonds is 5. The molecule has 1 aliphatic heterocycles. The van der Waals surface area contributed by atoms with E-state index in [0.717, 1.165) is 12.8 Å². The molecule has 1 heterocycles. The number of benzene rings is 1. The Hall–Kier alpha value is -2.65. The van der Waals surface area contributed by atoms with Crippen molar-refractivity contribution < 1.29 is 13.9 Å². The van der Waals surface area contributed by atoms with Crippen molar-refractivity contribution in [1.29, 1.82) is 5.26 Å². The molecule has 1 N–H and O–H groups in total. The molecule has 1 aromatic carbocycles. The van der Waals surface area contributed by atoms with Gasteiger partial charge < -0.3 is 10.1 Å². The van der Waals surface area contributed by atoms with E-state index in [1.807, 2.05) is 13.0 Å². The summed E-state index contributed by atoms with van der Waals surface area (Å²) < 4.78 is 20.0. The van der Waals surface area contributed by atoms with Gasteiger partial charge in [0.1, 0.15) is 11.8 Å². The molecule has 2 atom stereocenters. The monoisotopic (exact) mass is 373 g/mol. The Balaban J connectivity index is 2.00. The Bertz CT molecular complexity index is 870. The van der Waals surface area contributed by atoms with Crippen molar-refractivity contribution in [3.05, 3.63) is 52.5 Å². The summed E-state index contributed by atoms with van der Waals surface area (Å²) in [6.07, 6.45) is 5.64. The van der Waals surface area contributed by atoms with Crippen molar-refractivity contribution in [2.24, 2.45) is 10.9 Å². The molecule has 0 fully saturated rings.